The Kier molecular flexibility index (Phi) is 3.92. The van der Waals surface area contributed by atoms with E-state index >= 15 is 0 Å². The lowest BCUT2D eigenvalue weighted by molar-refractivity contribution is 0.0936. The summed E-state index contributed by atoms with van der Waals surface area (Å²) in [6, 6.07) is 8.52. The minimum Gasteiger partial charge on any atom is -0.493 e. The van der Waals surface area contributed by atoms with Gasteiger partial charge in [0.25, 0.3) is 5.91 Å². The van der Waals surface area contributed by atoms with Crippen LogP contribution >= 0.6 is 11.6 Å². The molecule has 23 heavy (non-hydrogen) atoms. The Balaban J connectivity index is 2.01. The fourth-order valence-corrected chi connectivity index (χ4v) is 2.72. The van der Waals surface area contributed by atoms with Gasteiger partial charge in [0.05, 0.1) is 19.8 Å². The molecule has 0 bridgehead atoms. The SMILES string of the molecule is COc1cc(N)c(C2NC(=O)c3cc(Cl)ccc3N2)cc1OC. The number of methoxy groups -OCH3 is 2. The number of carbonyl (C=O) groups excluding carboxylic acids is 1. The summed E-state index contributed by atoms with van der Waals surface area (Å²) in [5.74, 6) is 0.846. The first-order valence-electron chi connectivity index (χ1n) is 6.92. The molecule has 0 saturated carbocycles. The third-order valence-electron chi connectivity index (χ3n) is 3.70. The fraction of sp³-hybridized carbons (Fsp3) is 0.188. The van der Waals surface area contributed by atoms with Gasteiger partial charge < -0.3 is 25.8 Å². The molecule has 1 aliphatic heterocycles. The molecule has 0 saturated heterocycles. The molecule has 1 atom stereocenters. The van der Waals surface area contributed by atoms with Crippen molar-refractivity contribution in [3.05, 3.63) is 46.5 Å². The summed E-state index contributed by atoms with van der Waals surface area (Å²) in [6.07, 6.45) is -0.476. The number of amides is 1. The molecule has 1 unspecified atom stereocenters. The molecule has 2 aromatic rings. The number of nitrogens with one attached hydrogen (secondary N) is 2. The van der Waals surface area contributed by atoms with Crippen LogP contribution in [0.25, 0.3) is 0 Å². The molecular formula is C16H16ClN3O3. The van der Waals surface area contributed by atoms with Gasteiger partial charge in [0.2, 0.25) is 0 Å². The molecule has 0 spiro atoms. The summed E-state index contributed by atoms with van der Waals surface area (Å²) < 4.78 is 10.5. The molecule has 2 aromatic carbocycles. The highest BCUT2D eigenvalue weighted by Gasteiger charge is 2.27. The first kappa shape index (κ1) is 15.3. The number of nitrogens with two attached hydrogens (primary N) is 1. The molecule has 1 aliphatic rings. The standard InChI is InChI=1S/C16H16ClN3O3/c1-22-13-6-9(11(18)7-14(13)23-2)15-19-12-4-3-8(17)5-10(12)16(21)20-15/h3-7,15,19H,18H2,1-2H3,(H,20,21). The zero-order valence-corrected chi connectivity index (χ0v) is 13.4. The van der Waals surface area contributed by atoms with E-state index in [4.69, 9.17) is 26.8 Å². The zero-order chi connectivity index (χ0) is 16.6. The van der Waals surface area contributed by atoms with Crippen molar-refractivity contribution in [2.75, 3.05) is 25.3 Å². The molecule has 0 fully saturated rings. The molecule has 0 aromatic heterocycles. The highest BCUT2D eigenvalue weighted by atomic mass is 35.5. The van der Waals surface area contributed by atoms with Gasteiger partial charge in [-0.3, -0.25) is 4.79 Å². The summed E-state index contributed by atoms with van der Waals surface area (Å²) in [7, 11) is 3.08. The first-order valence-corrected chi connectivity index (χ1v) is 7.29. The third kappa shape index (κ3) is 2.73. The van der Waals surface area contributed by atoms with Gasteiger partial charge in [-0.05, 0) is 24.3 Å². The normalized spacial score (nSPS) is 16.1. The molecule has 1 amide bonds. The quantitative estimate of drug-likeness (QED) is 0.752. The number of rotatable bonds is 3. The summed E-state index contributed by atoms with van der Waals surface area (Å²) in [6.45, 7) is 0. The Morgan fingerprint density at radius 1 is 1.09 bits per heavy atom. The van der Waals surface area contributed by atoms with E-state index in [2.05, 4.69) is 10.6 Å². The van der Waals surface area contributed by atoms with Crippen LogP contribution in [0.1, 0.15) is 22.1 Å². The van der Waals surface area contributed by atoms with Crippen molar-refractivity contribution >= 4 is 28.9 Å². The van der Waals surface area contributed by atoms with Gasteiger partial charge in [-0.2, -0.15) is 0 Å². The zero-order valence-electron chi connectivity index (χ0n) is 12.6. The number of halogens is 1. The fourth-order valence-electron chi connectivity index (χ4n) is 2.55. The number of ether oxygens (including phenoxy) is 2. The largest absolute Gasteiger partial charge is 0.493 e. The van der Waals surface area contributed by atoms with Gasteiger partial charge in [0.15, 0.2) is 11.5 Å². The summed E-state index contributed by atoms with van der Waals surface area (Å²) >= 11 is 5.94. The van der Waals surface area contributed by atoms with Crippen molar-refractivity contribution in [3.8, 4) is 11.5 Å². The molecule has 6 nitrogen and oxygen atoms in total. The average molecular weight is 334 g/mol. The molecule has 0 aliphatic carbocycles. The Morgan fingerprint density at radius 3 is 2.48 bits per heavy atom. The number of benzene rings is 2. The highest BCUT2D eigenvalue weighted by Crippen LogP contribution is 2.37. The Morgan fingerprint density at radius 2 is 1.78 bits per heavy atom. The Labute approximate surface area is 138 Å². The van der Waals surface area contributed by atoms with Gasteiger partial charge in [-0.15, -0.1) is 0 Å². The lowest BCUT2D eigenvalue weighted by Gasteiger charge is -2.29. The van der Waals surface area contributed by atoms with Crippen LogP contribution in [-0.4, -0.2) is 20.1 Å². The van der Waals surface area contributed by atoms with Crippen molar-refractivity contribution in [2.24, 2.45) is 0 Å². The van der Waals surface area contributed by atoms with Crippen molar-refractivity contribution < 1.29 is 14.3 Å². The van der Waals surface area contributed by atoms with E-state index < -0.39 is 6.17 Å². The maximum absolute atomic E-state index is 12.3. The smallest absolute Gasteiger partial charge is 0.255 e. The van der Waals surface area contributed by atoms with Crippen LogP contribution in [0.2, 0.25) is 5.02 Å². The number of nitrogen functional groups attached to an aromatic ring is 1. The Bertz CT molecular complexity index is 779. The van der Waals surface area contributed by atoms with Crippen LogP contribution in [0.4, 0.5) is 11.4 Å². The van der Waals surface area contributed by atoms with E-state index in [1.165, 1.54) is 7.11 Å². The van der Waals surface area contributed by atoms with Crippen LogP contribution in [0.3, 0.4) is 0 Å². The number of carbonyl (C=O) groups is 1. The van der Waals surface area contributed by atoms with Crippen molar-refractivity contribution in [3.63, 3.8) is 0 Å². The van der Waals surface area contributed by atoms with E-state index in [9.17, 15) is 4.79 Å². The van der Waals surface area contributed by atoms with E-state index in [0.717, 1.165) is 0 Å². The second-order valence-electron chi connectivity index (χ2n) is 5.08. The predicted molar refractivity (Wildman–Crippen MR) is 89.2 cm³/mol. The number of hydrogen-bond acceptors (Lipinski definition) is 5. The minimum absolute atomic E-state index is 0.222. The van der Waals surface area contributed by atoms with E-state index in [1.54, 1.807) is 37.4 Å². The van der Waals surface area contributed by atoms with Crippen LogP contribution < -0.4 is 25.8 Å². The van der Waals surface area contributed by atoms with Gasteiger partial charge in [0.1, 0.15) is 6.17 Å². The average Bonchev–Trinajstić information content (AvgIpc) is 2.55. The lowest BCUT2D eigenvalue weighted by atomic mass is 10.0. The van der Waals surface area contributed by atoms with Crippen molar-refractivity contribution in [1.29, 1.82) is 0 Å². The summed E-state index contributed by atoms with van der Waals surface area (Å²) in [5.41, 5.74) is 8.45. The van der Waals surface area contributed by atoms with Gasteiger partial charge in [-0.1, -0.05) is 11.6 Å². The minimum atomic E-state index is -0.476. The molecule has 1 heterocycles. The van der Waals surface area contributed by atoms with Gasteiger partial charge >= 0.3 is 0 Å². The Hall–Kier alpha value is -2.60. The third-order valence-corrected chi connectivity index (χ3v) is 3.94. The lowest BCUT2D eigenvalue weighted by Crippen LogP contribution is -2.38. The summed E-state index contributed by atoms with van der Waals surface area (Å²) in [4.78, 5) is 12.3. The number of fused-ring (bicyclic) bond motifs is 1. The van der Waals surface area contributed by atoms with Crippen molar-refractivity contribution in [2.45, 2.75) is 6.17 Å². The highest BCUT2D eigenvalue weighted by molar-refractivity contribution is 6.31. The maximum atomic E-state index is 12.3. The van der Waals surface area contributed by atoms with Crippen molar-refractivity contribution in [1.82, 2.24) is 5.32 Å². The number of anilines is 2. The van der Waals surface area contributed by atoms with Crippen LogP contribution in [0.15, 0.2) is 30.3 Å². The second-order valence-corrected chi connectivity index (χ2v) is 5.51. The molecule has 7 heteroatoms. The monoisotopic (exact) mass is 333 g/mol. The topological polar surface area (TPSA) is 85.6 Å². The van der Waals surface area contributed by atoms with Crippen LogP contribution in [-0.2, 0) is 0 Å². The first-order chi connectivity index (χ1) is 11.0. The molecule has 120 valence electrons. The van der Waals surface area contributed by atoms with Crippen LogP contribution in [0.5, 0.6) is 11.5 Å². The van der Waals surface area contributed by atoms with Gasteiger partial charge in [-0.25, -0.2) is 0 Å². The predicted octanol–water partition coefficient (Wildman–Crippen LogP) is 2.79. The van der Waals surface area contributed by atoms with E-state index in [1.807, 2.05) is 0 Å². The van der Waals surface area contributed by atoms with Gasteiger partial charge in [0, 0.05) is 28.0 Å². The van der Waals surface area contributed by atoms with E-state index in [0.29, 0.717) is 39.0 Å². The summed E-state index contributed by atoms with van der Waals surface area (Å²) in [5, 5.41) is 6.60. The molecule has 4 N–H and O–H groups in total. The molecule has 0 radical (unpaired) electrons. The second kappa shape index (κ2) is 5.89. The molecular weight excluding hydrogens is 318 g/mol. The maximum Gasteiger partial charge on any atom is 0.255 e. The number of hydrogen-bond donors (Lipinski definition) is 3. The molecule has 3 rings (SSSR count). The van der Waals surface area contributed by atoms with E-state index in [-0.39, 0.29) is 5.91 Å². The van der Waals surface area contributed by atoms with Crippen LogP contribution in [0, 0.1) is 0 Å².